The molecule has 0 aliphatic carbocycles. The number of nitrogens with zero attached hydrogens (tertiary/aromatic N) is 4. The summed E-state index contributed by atoms with van der Waals surface area (Å²) in [7, 11) is 5.68. The normalized spacial score (nSPS) is 13.3. The molecule has 4 rings (SSSR count). The minimum atomic E-state index is -0.432. The zero-order valence-electron chi connectivity index (χ0n) is 22.4. The smallest absolute Gasteiger partial charge is 0.323 e. The third-order valence-electron chi connectivity index (χ3n) is 6.28. The number of nitrogens with one attached hydrogen (secondary N) is 3. The van der Waals surface area contributed by atoms with Crippen molar-refractivity contribution in [3.63, 3.8) is 0 Å². The van der Waals surface area contributed by atoms with Crippen LogP contribution in [0.1, 0.15) is 10.4 Å². The van der Waals surface area contributed by atoms with Gasteiger partial charge in [0.1, 0.15) is 11.5 Å². The van der Waals surface area contributed by atoms with Crippen molar-refractivity contribution >= 4 is 34.8 Å². The fourth-order valence-corrected chi connectivity index (χ4v) is 4.00. The van der Waals surface area contributed by atoms with Crippen LogP contribution in [0.4, 0.5) is 27.7 Å². The molecule has 2 heterocycles. The number of nitrogen functional groups attached to an aromatic ring is 1. The van der Waals surface area contributed by atoms with Crippen LogP contribution in [0, 0.1) is 0 Å². The van der Waals surface area contributed by atoms with Gasteiger partial charge >= 0.3 is 6.03 Å². The molecule has 39 heavy (non-hydrogen) atoms. The van der Waals surface area contributed by atoms with Crippen LogP contribution in [0.3, 0.4) is 0 Å². The van der Waals surface area contributed by atoms with Gasteiger partial charge in [0, 0.05) is 55.7 Å². The summed E-state index contributed by atoms with van der Waals surface area (Å²) in [5.41, 5.74) is 7.98. The second-order valence-electron chi connectivity index (χ2n) is 9.52. The van der Waals surface area contributed by atoms with Gasteiger partial charge in [-0.05, 0) is 62.6 Å². The Kier molecular flexibility index (Phi) is 8.79. The minimum absolute atomic E-state index is 0.0735. The van der Waals surface area contributed by atoms with Crippen LogP contribution in [0.15, 0.2) is 53.3 Å². The van der Waals surface area contributed by atoms with E-state index in [1.165, 1.54) is 0 Å². The molecule has 0 saturated carbocycles. The molecule has 1 saturated heterocycles. The van der Waals surface area contributed by atoms with E-state index in [-0.39, 0.29) is 11.6 Å². The summed E-state index contributed by atoms with van der Waals surface area (Å²) in [5, 5.41) is 5.53. The van der Waals surface area contributed by atoms with Crippen molar-refractivity contribution in [1.82, 2.24) is 19.8 Å². The average molecular weight is 535 g/mol. The Hall–Kier alpha value is -4.42. The molecule has 1 aliphatic rings. The Morgan fingerprint density at radius 2 is 1.56 bits per heavy atom. The van der Waals surface area contributed by atoms with Gasteiger partial charge in [-0.1, -0.05) is 0 Å². The molecule has 0 radical (unpaired) electrons. The summed E-state index contributed by atoms with van der Waals surface area (Å²) in [6.07, 6.45) is 0. The molecular weight excluding hydrogens is 500 g/mol. The number of anilines is 4. The summed E-state index contributed by atoms with van der Waals surface area (Å²) in [4.78, 5) is 50.4. The van der Waals surface area contributed by atoms with Gasteiger partial charge in [0.25, 0.3) is 11.5 Å². The van der Waals surface area contributed by atoms with Crippen molar-refractivity contribution in [2.45, 2.75) is 0 Å². The van der Waals surface area contributed by atoms with Crippen LogP contribution in [0.5, 0.6) is 0 Å². The number of ether oxygens (including phenoxy) is 1. The zero-order chi connectivity index (χ0) is 27.9. The number of urea groups is 1. The first-order chi connectivity index (χ1) is 18.7. The van der Waals surface area contributed by atoms with Crippen molar-refractivity contribution < 1.29 is 14.3 Å². The Morgan fingerprint density at radius 3 is 2.15 bits per heavy atom. The van der Waals surface area contributed by atoms with Gasteiger partial charge in [0.05, 0.1) is 13.2 Å². The van der Waals surface area contributed by atoms with E-state index in [9.17, 15) is 14.4 Å². The molecule has 12 nitrogen and oxygen atoms in total. The highest BCUT2D eigenvalue weighted by molar-refractivity contribution is 6.00. The number of H-pyrrole nitrogens is 1. The maximum absolute atomic E-state index is 12.6. The number of nitrogens with two attached hydrogens (primary N) is 1. The predicted octanol–water partition coefficient (Wildman–Crippen LogP) is 2.13. The standard InChI is InChI=1S/C27H34N8O4/c1-33(2)12-13-34(3)26(37)19-6-10-21(11-7-19)30-27(38)29-20-8-4-18(5-9-20)23-31-24(22(28)25(36)32-23)35-14-16-39-17-15-35/h4-11H,12-17,28H2,1-3H3,(H2,29,30,38)(H,31,32,36). The van der Waals surface area contributed by atoms with Crippen LogP contribution in [0.2, 0.25) is 0 Å². The molecule has 5 N–H and O–H groups in total. The molecule has 3 aromatic rings. The van der Waals surface area contributed by atoms with E-state index >= 15 is 0 Å². The average Bonchev–Trinajstić information content (AvgIpc) is 2.94. The topological polar surface area (TPSA) is 149 Å². The lowest BCUT2D eigenvalue weighted by atomic mass is 10.2. The van der Waals surface area contributed by atoms with Crippen molar-refractivity contribution in [3.05, 3.63) is 64.4 Å². The molecule has 206 valence electrons. The largest absolute Gasteiger partial charge is 0.391 e. The second-order valence-corrected chi connectivity index (χ2v) is 9.52. The summed E-state index contributed by atoms with van der Waals surface area (Å²) in [5.74, 6) is 0.738. The number of likely N-dealkylation sites (N-methyl/N-ethyl adjacent to an activating group) is 2. The van der Waals surface area contributed by atoms with Gasteiger partial charge in [-0.15, -0.1) is 0 Å². The molecule has 1 aromatic heterocycles. The first kappa shape index (κ1) is 27.6. The van der Waals surface area contributed by atoms with E-state index < -0.39 is 11.6 Å². The van der Waals surface area contributed by atoms with Crippen molar-refractivity contribution in [1.29, 1.82) is 0 Å². The minimum Gasteiger partial charge on any atom is -0.391 e. The number of aromatic amines is 1. The highest BCUT2D eigenvalue weighted by Gasteiger charge is 2.19. The molecule has 2 aromatic carbocycles. The van der Waals surface area contributed by atoms with Crippen LogP contribution < -0.4 is 26.8 Å². The highest BCUT2D eigenvalue weighted by Crippen LogP contribution is 2.23. The van der Waals surface area contributed by atoms with E-state index in [1.54, 1.807) is 60.5 Å². The molecule has 1 fully saturated rings. The van der Waals surface area contributed by atoms with Crippen molar-refractivity contribution in [2.75, 3.05) is 81.8 Å². The number of rotatable bonds is 8. The fraction of sp³-hybridized carbons (Fsp3) is 0.333. The summed E-state index contributed by atoms with van der Waals surface area (Å²) < 4.78 is 5.37. The van der Waals surface area contributed by atoms with E-state index in [2.05, 4.69) is 20.6 Å². The lowest BCUT2D eigenvalue weighted by Gasteiger charge is -2.28. The molecule has 0 spiro atoms. The molecule has 0 bridgehead atoms. The summed E-state index contributed by atoms with van der Waals surface area (Å²) >= 11 is 0. The summed E-state index contributed by atoms with van der Waals surface area (Å²) in [6.45, 7) is 3.68. The van der Waals surface area contributed by atoms with Gasteiger partial charge in [-0.2, -0.15) is 0 Å². The molecule has 3 amide bonds. The molecule has 0 atom stereocenters. The predicted molar refractivity (Wildman–Crippen MR) is 152 cm³/mol. The van der Waals surface area contributed by atoms with Crippen LogP contribution >= 0.6 is 0 Å². The molecule has 12 heteroatoms. The molecule has 0 unspecified atom stereocenters. The fourth-order valence-electron chi connectivity index (χ4n) is 4.00. The lowest BCUT2D eigenvalue weighted by molar-refractivity contribution is 0.0786. The van der Waals surface area contributed by atoms with Gasteiger partial charge in [0.2, 0.25) is 0 Å². The number of benzene rings is 2. The van der Waals surface area contributed by atoms with Gasteiger partial charge in [-0.3, -0.25) is 9.59 Å². The Balaban J connectivity index is 1.36. The van der Waals surface area contributed by atoms with Crippen LogP contribution in [-0.2, 0) is 4.74 Å². The number of hydrogen-bond acceptors (Lipinski definition) is 8. The van der Waals surface area contributed by atoms with E-state index in [1.807, 2.05) is 23.9 Å². The molecule has 1 aliphatic heterocycles. The second kappa shape index (κ2) is 12.4. The Morgan fingerprint density at radius 1 is 0.974 bits per heavy atom. The number of morpholine rings is 1. The van der Waals surface area contributed by atoms with Gasteiger partial charge in [0.15, 0.2) is 5.82 Å². The molecular formula is C27H34N8O4. The lowest BCUT2D eigenvalue weighted by Crippen LogP contribution is -2.38. The SMILES string of the molecule is CN(C)CCN(C)C(=O)c1ccc(NC(=O)Nc2ccc(-c3nc(N4CCOCC4)c(N)c(=O)[nH]3)cc2)cc1. The number of carbonyl (C=O) groups is 2. The van der Waals surface area contributed by atoms with E-state index in [0.717, 1.165) is 6.54 Å². The number of amides is 3. The Labute approximate surface area is 226 Å². The number of carbonyl (C=O) groups excluding carboxylic acids is 2. The monoisotopic (exact) mass is 534 g/mol. The Bertz CT molecular complexity index is 1350. The van der Waals surface area contributed by atoms with Crippen LogP contribution in [-0.4, -0.2) is 92.2 Å². The van der Waals surface area contributed by atoms with Crippen molar-refractivity contribution in [3.8, 4) is 11.4 Å². The first-order valence-electron chi connectivity index (χ1n) is 12.6. The van der Waals surface area contributed by atoms with E-state index in [4.69, 9.17) is 10.5 Å². The van der Waals surface area contributed by atoms with Crippen molar-refractivity contribution in [2.24, 2.45) is 0 Å². The van der Waals surface area contributed by atoms with Gasteiger partial charge < -0.3 is 40.8 Å². The third kappa shape index (κ3) is 7.12. The van der Waals surface area contributed by atoms with Crippen LogP contribution in [0.25, 0.3) is 11.4 Å². The maximum atomic E-state index is 12.6. The number of aromatic nitrogens is 2. The third-order valence-corrected chi connectivity index (χ3v) is 6.28. The number of hydrogen-bond donors (Lipinski definition) is 4. The first-order valence-corrected chi connectivity index (χ1v) is 12.6. The summed E-state index contributed by atoms with van der Waals surface area (Å²) in [6, 6.07) is 13.2. The quantitative estimate of drug-likeness (QED) is 0.343. The maximum Gasteiger partial charge on any atom is 0.323 e. The van der Waals surface area contributed by atoms with E-state index in [0.29, 0.717) is 67.0 Å². The van der Waals surface area contributed by atoms with Gasteiger partial charge in [-0.25, -0.2) is 9.78 Å². The zero-order valence-corrected chi connectivity index (χ0v) is 22.4. The highest BCUT2D eigenvalue weighted by atomic mass is 16.5.